The Kier molecular flexibility index (Phi) is 20.0. The third-order valence-electron chi connectivity index (χ3n) is 7.87. The Balaban J connectivity index is 0.00000289. The first-order valence-electron chi connectivity index (χ1n) is 16.3. The van der Waals surface area contributed by atoms with Gasteiger partial charge in [-0.05, 0) is 74.2 Å². The highest BCUT2D eigenvalue weighted by molar-refractivity contribution is 5.43. The Morgan fingerprint density at radius 2 is 0.840 bits per heavy atom. The van der Waals surface area contributed by atoms with Gasteiger partial charge in [0, 0.05) is 37.1 Å². The zero-order valence-corrected chi connectivity index (χ0v) is 33.3. The molecule has 0 aliphatic rings. The second-order valence-corrected chi connectivity index (χ2v) is 11.4. The highest BCUT2D eigenvalue weighted by Crippen LogP contribution is 2.21. The van der Waals surface area contributed by atoms with Gasteiger partial charge in [0.15, 0.2) is 24.8 Å². The number of benzene rings is 2. The van der Waals surface area contributed by atoms with Gasteiger partial charge in [0.1, 0.15) is 37.0 Å². The molecule has 0 aliphatic carbocycles. The molecule has 0 unspecified atom stereocenters. The number of nitrogens with zero attached hydrogens (tertiary/aromatic N) is 8. The summed E-state index contributed by atoms with van der Waals surface area (Å²) in [6.45, 7) is 4.10. The molecule has 13 heteroatoms. The summed E-state index contributed by atoms with van der Waals surface area (Å²) in [4.78, 5) is 0. The van der Waals surface area contributed by atoms with Crippen LogP contribution in [-0.2, 0) is 26.2 Å². The number of hydrogen-bond donors (Lipinski definition) is 0. The smallest absolute Gasteiger partial charge is 0.243 e. The van der Waals surface area contributed by atoms with Crippen molar-refractivity contribution >= 4 is 22.7 Å². The maximum Gasteiger partial charge on any atom is 0.243 e. The van der Waals surface area contributed by atoms with Gasteiger partial charge in [-0.25, -0.2) is 18.3 Å². The summed E-state index contributed by atoms with van der Waals surface area (Å²) in [6.07, 6.45) is 21.9. The summed E-state index contributed by atoms with van der Waals surface area (Å²) in [5.41, 5.74) is 3.28. The second-order valence-electron chi connectivity index (χ2n) is 11.4. The number of methoxy groups -OCH3 is 2. The first-order valence-corrected chi connectivity index (χ1v) is 16.3. The molecule has 0 atom stereocenters. The molecular weight excluding hydrogens is 828 g/mol. The molecule has 0 saturated heterocycles. The van der Waals surface area contributed by atoms with Crippen molar-refractivity contribution in [1.29, 1.82) is 0 Å². The maximum absolute atomic E-state index is 5.18. The van der Waals surface area contributed by atoms with Crippen LogP contribution in [0.1, 0.15) is 38.5 Å². The number of azo groups is 2. The molecule has 0 amide bonds. The lowest BCUT2D eigenvalue weighted by molar-refractivity contribution is -0.700. The summed E-state index contributed by atoms with van der Waals surface area (Å²) in [6, 6.07) is 23.1. The molecule has 0 spiro atoms. The number of ether oxygens (including phenoxy) is 2. The van der Waals surface area contributed by atoms with Gasteiger partial charge < -0.3 is 60.4 Å². The number of aromatic nitrogens is 4. The Labute approximate surface area is 326 Å². The van der Waals surface area contributed by atoms with Crippen molar-refractivity contribution < 1.29 is 74.1 Å². The highest BCUT2D eigenvalue weighted by atomic mass is 79.9. The zero-order chi connectivity index (χ0) is 32.5. The van der Waals surface area contributed by atoms with Gasteiger partial charge in [-0.3, -0.25) is 0 Å². The molecule has 2 aromatic carbocycles. The molecule has 0 aliphatic heterocycles. The van der Waals surface area contributed by atoms with Gasteiger partial charge in [-0.15, -0.1) is 0 Å². The van der Waals surface area contributed by atoms with Crippen molar-refractivity contribution in [2.45, 2.75) is 64.7 Å². The Morgan fingerprint density at radius 3 is 1.26 bits per heavy atom. The summed E-state index contributed by atoms with van der Waals surface area (Å²) in [5, 5.41) is 17.3. The van der Waals surface area contributed by atoms with E-state index in [1.165, 1.54) is 25.7 Å². The van der Waals surface area contributed by atoms with E-state index in [0.717, 1.165) is 73.3 Å². The molecule has 3 aromatic heterocycles. The van der Waals surface area contributed by atoms with Crippen LogP contribution in [0.4, 0.5) is 22.7 Å². The zero-order valence-electron chi connectivity index (χ0n) is 28.6. The fourth-order valence-electron chi connectivity index (χ4n) is 5.09. The molecule has 0 bridgehead atoms. The summed E-state index contributed by atoms with van der Waals surface area (Å²) in [7, 11) is 3.31. The predicted octanol–water partition coefficient (Wildman–Crippen LogP) is -1.05. The number of pyridine rings is 2. The SMILES string of the molecule is COc1ccc(N=Nc2cc[n+](CCCCCn3cc[n+](CCCCC[n+]4ccc(N=Nc5ccc(OC)cc5)cc4)c3)cc2)cc1.[Br-].[Br-].[Br-]. The molecule has 10 nitrogen and oxygen atoms in total. The van der Waals surface area contributed by atoms with E-state index >= 15 is 0 Å². The van der Waals surface area contributed by atoms with E-state index in [2.05, 4.69) is 82.2 Å². The topological polar surface area (TPSA) is 84.5 Å². The number of unbranched alkanes of at least 4 members (excludes halogenated alkanes) is 4. The Morgan fingerprint density at radius 1 is 0.460 bits per heavy atom. The van der Waals surface area contributed by atoms with E-state index in [4.69, 9.17) is 9.47 Å². The average molecular weight is 874 g/mol. The van der Waals surface area contributed by atoms with Gasteiger partial charge in [0.25, 0.3) is 0 Å². The number of aryl methyl sites for hydroxylation is 4. The van der Waals surface area contributed by atoms with E-state index < -0.39 is 0 Å². The van der Waals surface area contributed by atoms with Crippen LogP contribution >= 0.6 is 0 Å². The summed E-state index contributed by atoms with van der Waals surface area (Å²) >= 11 is 0. The summed E-state index contributed by atoms with van der Waals surface area (Å²) in [5.74, 6) is 1.62. The van der Waals surface area contributed by atoms with Gasteiger partial charge in [-0.2, -0.15) is 20.5 Å². The van der Waals surface area contributed by atoms with Crippen LogP contribution in [0.3, 0.4) is 0 Å². The number of imidazole rings is 1. The first-order chi connectivity index (χ1) is 23.2. The van der Waals surface area contributed by atoms with Crippen LogP contribution in [0.2, 0.25) is 0 Å². The molecule has 0 fully saturated rings. The second kappa shape index (κ2) is 23.6. The fraction of sp³-hybridized carbons (Fsp3) is 0.324. The lowest BCUT2D eigenvalue weighted by atomic mass is 10.2. The van der Waals surface area contributed by atoms with Crippen LogP contribution in [0.15, 0.2) is 137 Å². The van der Waals surface area contributed by atoms with Crippen molar-refractivity contribution in [2.24, 2.45) is 20.5 Å². The standard InChI is InChI=1S/C37H45N8O2.3BrH/c1-46-36-13-9-32(10-14-36)38-40-34-17-25-42(26-18-34)21-5-3-7-23-44-29-30-45(31-44)24-8-4-6-22-43-27-19-35(20-28-43)41-39-33-11-15-37(47-2)16-12-33;;;/h9-20,25-31H,3-8,21-24H2,1-2H3;3*1H/q+3;;;/p-3. The fourth-order valence-corrected chi connectivity index (χ4v) is 5.09. The summed E-state index contributed by atoms with van der Waals surface area (Å²) < 4.78 is 19.4. The minimum Gasteiger partial charge on any atom is -1.00 e. The van der Waals surface area contributed by atoms with Crippen molar-refractivity contribution in [3.05, 3.63) is 116 Å². The molecule has 50 heavy (non-hydrogen) atoms. The maximum atomic E-state index is 5.18. The van der Waals surface area contributed by atoms with Crippen LogP contribution in [0.5, 0.6) is 11.5 Å². The third-order valence-corrected chi connectivity index (χ3v) is 7.87. The van der Waals surface area contributed by atoms with Crippen LogP contribution < -0.4 is 74.1 Å². The molecule has 5 rings (SSSR count). The lowest BCUT2D eigenvalue weighted by Crippen LogP contribution is -3.00. The average Bonchev–Trinajstić information content (AvgIpc) is 3.58. The quantitative estimate of drug-likeness (QED) is 0.0641. The van der Waals surface area contributed by atoms with Gasteiger partial charge in [0.05, 0.1) is 50.1 Å². The number of halogens is 3. The van der Waals surface area contributed by atoms with E-state index in [-0.39, 0.29) is 50.9 Å². The lowest BCUT2D eigenvalue weighted by Gasteiger charge is -2.00. The predicted molar refractivity (Wildman–Crippen MR) is 180 cm³/mol. The van der Waals surface area contributed by atoms with Crippen LogP contribution in [-0.4, -0.2) is 18.8 Å². The largest absolute Gasteiger partial charge is 1.00 e. The van der Waals surface area contributed by atoms with Crippen LogP contribution in [0.25, 0.3) is 0 Å². The van der Waals surface area contributed by atoms with E-state index in [1.54, 1.807) is 14.2 Å². The molecule has 5 aromatic rings. The van der Waals surface area contributed by atoms with Gasteiger partial charge in [-0.1, -0.05) is 0 Å². The monoisotopic (exact) mass is 870 g/mol. The molecule has 266 valence electrons. The molecule has 0 radical (unpaired) electrons. The van der Waals surface area contributed by atoms with Crippen molar-refractivity contribution in [3.63, 3.8) is 0 Å². The Bertz CT molecular complexity index is 1570. The highest BCUT2D eigenvalue weighted by Gasteiger charge is 2.06. The van der Waals surface area contributed by atoms with E-state index in [9.17, 15) is 0 Å². The molecule has 0 N–H and O–H groups in total. The minimum absolute atomic E-state index is 0. The van der Waals surface area contributed by atoms with Crippen molar-refractivity contribution in [1.82, 2.24) is 4.57 Å². The van der Waals surface area contributed by atoms with E-state index in [0.29, 0.717) is 0 Å². The molecule has 0 saturated carbocycles. The van der Waals surface area contributed by atoms with Crippen molar-refractivity contribution in [3.8, 4) is 11.5 Å². The van der Waals surface area contributed by atoms with Gasteiger partial charge in [0.2, 0.25) is 6.33 Å². The third kappa shape index (κ3) is 14.6. The van der Waals surface area contributed by atoms with E-state index in [1.807, 2.05) is 72.8 Å². The molecular formula is C37H45Br3N8O2. The minimum atomic E-state index is 0. The molecule has 3 heterocycles. The van der Waals surface area contributed by atoms with Crippen molar-refractivity contribution in [2.75, 3.05) is 14.2 Å². The normalized spacial score (nSPS) is 10.8. The van der Waals surface area contributed by atoms with Gasteiger partial charge >= 0.3 is 0 Å². The Hall–Kier alpha value is -3.81. The van der Waals surface area contributed by atoms with Crippen LogP contribution in [0, 0.1) is 0 Å². The number of rotatable bonds is 18. The number of hydrogen-bond acceptors (Lipinski definition) is 6. The first kappa shape index (κ1) is 42.4.